The van der Waals surface area contributed by atoms with E-state index in [1.165, 1.54) is 12.0 Å². The summed E-state index contributed by atoms with van der Waals surface area (Å²) < 4.78 is 11.0. The van der Waals surface area contributed by atoms with Crippen LogP contribution < -0.4 is 5.32 Å². The van der Waals surface area contributed by atoms with Crippen LogP contribution in [0.15, 0.2) is 48.5 Å². The molecule has 4 rings (SSSR count). The lowest BCUT2D eigenvalue weighted by molar-refractivity contribution is -0.144. The first-order chi connectivity index (χ1) is 16.6. The first-order valence-electron chi connectivity index (χ1n) is 11.8. The van der Waals surface area contributed by atoms with E-state index < -0.39 is 35.5 Å². The maximum absolute atomic E-state index is 13.3. The summed E-state index contributed by atoms with van der Waals surface area (Å²) in [6, 6.07) is 15.1. The highest BCUT2D eigenvalue weighted by Crippen LogP contribution is 2.44. The molecule has 1 aliphatic heterocycles. The average molecular weight is 481 g/mol. The van der Waals surface area contributed by atoms with Crippen LogP contribution in [0.2, 0.25) is 0 Å². The number of carbonyl (C=O) groups is 3. The largest absolute Gasteiger partial charge is 0.481 e. The summed E-state index contributed by atoms with van der Waals surface area (Å²) in [7, 11) is 1.46. The third kappa shape index (κ3) is 4.75. The fourth-order valence-corrected chi connectivity index (χ4v) is 5.19. The number of aliphatic carboxylic acids is 1. The molecule has 2 N–H and O–H groups in total. The molecular formula is C27H32N2O6. The van der Waals surface area contributed by atoms with E-state index in [1.54, 1.807) is 6.92 Å². The first-order valence-corrected chi connectivity index (χ1v) is 11.8. The zero-order valence-electron chi connectivity index (χ0n) is 20.5. The van der Waals surface area contributed by atoms with Crippen LogP contribution in [0, 0.1) is 11.3 Å². The van der Waals surface area contributed by atoms with Gasteiger partial charge in [-0.3, -0.25) is 9.59 Å². The van der Waals surface area contributed by atoms with Crippen LogP contribution in [0.25, 0.3) is 11.1 Å². The molecule has 2 aromatic rings. The number of carbonyl (C=O) groups excluding carboxylic acids is 2. The number of likely N-dealkylation sites (tertiary alicyclic amines) is 1. The molecule has 3 unspecified atom stereocenters. The Morgan fingerprint density at radius 1 is 1.09 bits per heavy atom. The van der Waals surface area contributed by atoms with Crippen molar-refractivity contribution in [3.63, 3.8) is 0 Å². The van der Waals surface area contributed by atoms with Crippen molar-refractivity contribution in [3.05, 3.63) is 59.7 Å². The minimum atomic E-state index is -1.00. The lowest BCUT2D eigenvalue weighted by Crippen LogP contribution is -2.54. The molecule has 1 aliphatic carbocycles. The SMILES string of the molecule is COC(C)C(NC(=O)OCC1c2ccccc2-c2ccccc21)C(=O)N1CC(C(=O)O)C(C)(C)C1. The van der Waals surface area contributed by atoms with E-state index in [9.17, 15) is 19.5 Å². The van der Waals surface area contributed by atoms with Crippen molar-refractivity contribution in [3.8, 4) is 11.1 Å². The van der Waals surface area contributed by atoms with Gasteiger partial charge in [-0.1, -0.05) is 62.4 Å². The number of nitrogens with one attached hydrogen (secondary N) is 1. The van der Waals surface area contributed by atoms with Crippen molar-refractivity contribution in [2.45, 2.75) is 38.8 Å². The van der Waals surface area contributed by atoms with E-state index in [-0.39, 0.29) is 31.5 Å². The van der Waals surface area contributed by atoms with Crippen molar-refractivity contribution in [2.75, 3.05) is 26.8 Å². The molecule has 0 bridgehead atoms. The standard InChI is InChI=1S/C27H32N2O6/c1-16(34-4)23(24(30)29-13-22(25(31)32)27(2,3)15-29)28-26(33)35-14-21-19-11-7-5-9-17(19)18-10-6-8-12-20(18)21/h5-12,16,21-23H,13-15H2,1-4H3,(H,28,33)(H,31,32). The van der Waals surface area contributed by atoms with Crippen LogP contribution in [0.5, 0.6) is 0 Å². The number of ether oxygens (including phenoxy) is 2. The van der Waals surface area contributed by atoms with E-state index in [1.807, 2.05) is 50.2 Å². The van der Waals surface area contributed by atoms with Crippen LogP contribution in [-0.2, 0) is 19.1 Å². The summed E-state index contributed by atoms with van der Waals surface area (Å²) in [5.74, 6) is -2.10. The Labute approximate surface area is 205 Å². The molecule has 186 valence electrons. The second-order valence-electron chi connectivity index (χ2n) is 9.99. The van der Waals surface area contributed by atoms with Gasteiger partial charge in [-0.15, -0.1) is 0 Å². The minimum absolute atomic E-state index is 0.0838. The quantitative estimate of drug-likeness (QED) is 0.629. The van der Waals surface area contributed by atoms with Gasteiger partial charge in [-0.05, 0) is 34.6 Å². The number of alkyl carbamates (subject to hydrolysis) is 1. The van der Waals surface area contributed by atoms with Gasteiger partial charge in [0.05, 0.1) is 12.0 Å². The molecule has 3 atom stereocenters. The predicted molar refractivity (Wildman–Crippen MR) is 130 cm³/mol. The van der Waals surface area contributed by atoms with Gasteiger partial charge in [0.2, 0.25) is 5.91 Å². The fraction of sp³-hybridized carbons (Fsp3) is 0.444. The lowest BCUT2D eigenvalue weighted by Gasteiger charge is -2.28. The summed E-state index contributed by atoms with van der Waals surface area (Å²) in [5.41, 5.74) is 3.87. The van der Waals surface area contributed by atoms with E-state index in [0.717, 1.165) is 22.3 Å². The van der Waals surface area contributed by atoms with Crippen molar-refractivity contribution >= 4 is 18.0 Å². The van der Waals surface area contributed by atoms with Gasteiger partial charge in [0.25, 0.3) is 0 Å². The Hall–Kier alpha value is -3.39. The van der Waals surface area contributed by atoms with Gasteiger partial charge < -0.3 is 24.8 Å². The fourth-order valence-electron chi connectivity index (χ4n) is 5.19. The van der Waals surface area contributed by atoms with Gasteiger partial charge in [0.1, 0.15) is 12.6 Å². The summed E-state index contributed by atoms with van der Waals surface area (Å²) in [4.78, 5) is 39.3. The number of benzene rings is 2. The van der Waals surface area contributed by atoms with Gasteiger partial charge in [-0.2, -0.15) is 0 Å². The Morgan fingerprint density at radius 3 is 2.17 bits per heavy atom. The summed E-state index contributed by atoms with van der Waals surface area (Å²) in [5, 5.41) is 12.2. The zero-order valence-corrected chi connectivity index (χ0v) is 20.5. The van der Waals surface area contributed by atoms with Crippen LogP contribution in [0.1, 0.15) is 37.8 Å². The molecule has 2 amide bonds. The highest BCUT2D eigenvalue weighted by molar-refractivity contribution is 5.87. The first kappa shape index (κ1) is 24.7. The molecule has 1 heterocycles. The third-order valence-electron chi connectivity index (χ3n) is 7.28. The molecule has 2 aromatic carbocycles. The third-order valence-corrected chi connectivity index (χ3v) is 7.28. The molecule has 35 heavy (non-hydrogen) atoms. The van der Waals surface area contributed by atoms with E-state index in [2.05, 4.69) is 17.4 Å². The van der Waals surface area contributed by atoms with Crippen LogP contribution in [-0.4, -0.2) is 66.9 Å². The van der Waals surface area contributed by atoms with Gasteiger partial charge in [0, 0.05) is 26.1 Å². The number of amides is 2. The number of hydrogen-bond acceptors (Lipinski definition) is 5. The Bertz CT molecular complexity index is 1080. The molecule has 8 nitrogen and oxygen atoms in total. The van der Waals surface area contributed by atoms with E-state index >= 15 is 0 Å². The van der Waals surface area contributed by atoms with Crippen molar-refractivity contribution in [1.82, 2.24) is 10.2 Å². The number of hydrogen-bond donors (Lipinski definition) is 2. The number of carboxylic acids is 1. The van der Waals surface area contributed by atoms with Crippen molar-refractivity contribution in [1.29, 1.82) is 0 Å². The Kier molecular flexibility index (Phi) is 6.85. The molecule has 2 aliphatic rings. The lowest BCUT2D eigenvalue weighted by atomic mass is 9.82. The molecule has 0 aromatic heterocycles. The number of methoxy groups -OCH3 is 1. The zero-order chi connectivity index (χ0) is 25.3. The Balaban J connectivity index is 1.45. The Morgan fingerprint density at radius 2 is 1.66 bits per heavy atom. The number of carboxylic acid groups (broad SMARTS) is 1. The minimum Gasteiger partial charge on any atom is -0.481 e. The van der Waals surface area contributed by atoms with Crippen molar-refractivity contribution in [2.24, 2.45) is 11.3 Å². The van der Waals surface area contributed by atoms with Crippen LogP contribution in [0.3, 0.4) is 0 Å². The summed E-state index contributed by atoms with van der Waals surface area (Å²) in [6.07, 6.45) is -1.35. The highest BCUT2D eigenvalue weighted by atomic mass is 16.5. The molecule has 8 heteroatoms. The second-order valence-corrected chi connectivity index (χ2v) is 9.99. The maximum Gasteiger partial charge on any atom is 0.407 e. The average Bonchev–Trinajstić information content (AvgIpc) is 3.34. The molecule has 0 spiro atoms. The van der Waals surface area contributed by atoms with E-state index in [4.69, 9.17) is 9.47 Å². The monoisotopic (exact) mass is 480 g/mol. The number of fused-ring (bicyclic) bond motifs is 3. The molecule has 1 saturated heterocycles. The number of nitrogens with zero attached hydrogens (tertiary/aromatic N) is 1. The van der Waals surface area contributed by atoms with Gasteiger partial charge >= 0.3 is 12.1 Å². The normalized spacial score (nSPS) is 20.0. The van der Waals surface area contributed by atoms with Crippen molar-refractivity contribution < 1.29 is 29.0 Å². The predicted octanol–water partition coefficient (Wildman–Crippen LogP) is 3.50. The highest BCUT2D eigenvalue weighted by Gasteiger charge is 2.47. The molecule has 0 saturated carbocycles. The number of rotatable bonds is 7. The van der Waals surface area contributed by atoms with Gasteiger partial charge in [0.15, 0.2) is 0 Å². The van der Waals surface area contributed by atoms with Crippen LogP contribution in [0.4, 0.5) is 4.79 Å². The summed E-state index contributed by atoms with van der Waals surface area (Å²) >= 11 is 0. The van der Waals surface area contributed by atoms with E-state index in [0.29, 0.717) is 0 Å². The van der Waals surface area contributed by atoms with Gasteiger partial charge in [-0.25, -0.2) is 4.79 Å². The van der Waals surface area contributed by atoms with Crippen LogP contribution >= 0.6 is 0 Å². The molecular weight excluding hydrogens is 448 g/mol. The summed E-state index contributed by atoms with van der Waals surface area (Å²) in [6.45, 7) is 5.82. The topological polar surface area (TPSA) is 105 Å². The maximum atomic E-state index is 13.3. The molecule has 0 radical (unpaired) electrons. The molecule has 1 fully saturated rings. The second kappa shape index (κ2) is 9.70. The smallest absolute Gasteiger partial charge is 0.407 e.